The van der Waals surface area contributed by atoms with E-state index < -0.39 is 18.0 Å². The molecule has 1 saturated heterocycles. The van der Waals surface area contributed by atoms with Crippen molar-refractivity contribution in [1.29, 1.82) is 0 Å². The first kappa shape index (κ1) is 13.4. The third kappa shape index (κ3) is 2.42. The molecular weight excluding hydrogens is 266 g/mol. The second kappa shape index (κ2) is 5.33. The van der Waals surface area contributed by atoms with Gasteiger partial charge in [0.15, 0.2) is 5.11 Å². The number of nitrogens with zero attached hydrogens (tertiary/aromatic N) is 1. The maximum atomic E-state index is 11.6. The van der Waals surface area contributed by atoms with Crippen LogP contribution in [0.25, 0.3) is 0 Å². The molecule has 1 aromatic carbocycles. The molecule has 3 N–H and O–H groups in total. The summed E-state index contributed by atoms with van der Waals surface area (Å²) in [6.45, 7) is 0. The molecule has 0 spiro atoms. The molecular formula is C12H13N3O3S. The smallest absolute Gasteiger partial charge is 0.239 e. The van der Waals surface area contributed by atoms with Crippen LogP contribution >= 0.6 is 12.2 Å². The first-order valence-corrected chi connectivity index (χ1v) is 5.98. The molecule has 100 valence electrons. The molecule has 0 saturated carbocycles. The minimum atomic E-state index is -0.950. The molecule has 1 aliphatic heterocycles. The van der Waals surface area contributed by atoms with Gasteiger partial charge in [0.1, 0.15) is 24.1 Å². The average Bonchev–Trinajstić information content (AvgIpc) is 2.39. The third-order valence-corrected chi connectivity index (χ3v) is 3.21. The molecule has 0 bridgehead atoms. The number of benzene rings is 1. The van der Waals surface area contributed by atoms with Crippen LogP contribution < -0.4 is 20.7 Å². The minimum absolute atomic E-state index is 0.181. The van der Waals surface area contributed by atoms with Gasteiger partial charge >= 0.3 is 0 Å². The number of rotatable bonds is 3. The number of hydrogen-bond acceptors (Lipinski definition) is 5. The summed E-state index contributed by atoms with van der Waals surface area (Å²) in [5.74, 6) is -0.734. The fraction of sp³-hybridized carbons (Fsp3) is 0.250. The number of nitrogens with two attached hydrogens (primary N) is 1. The van der Waals surface area contributed by atoms with Gasteiger partial charge in [-0.25, -0.2) is 0 Å². The zero-order chi connectivity index (χ0) is 14.0. The summed E-state index contributed by atoms with van der Waals surface area (Å²) in [4.78, 5) is 24.0. The van der Waals surface area contributed by atoms with E-state index >= 15 is 0 Å². The van der Waals surface area contributed by atoms with Gasteiger partial charge in [0, 0.05) is 5.69 Å². The van der Waals surface area contributed by atoms with Crippen LogP contribution in [0.15, 0.2) is 24.3 Å². The van der Waals surface area contributed by atoms with Crippen molar-refractivity contribution in [1.82, 2.24) is 5.32 Å². The Morgan fingerprint density at radius 1 is 1.42 bits per heavy atom. The van der Waals surface area contributed by atoms with Crippen molar-refractivity contribution in [2.24, 2.45) is 11.7 Å². The van der Waals surface area contributed by atoms with E-state index in [1.54, 1.807) is 31.4 Å². The maximum Gasteiger partial charge on any atom is 0.239 e. The number of amides is 1. The van der Waals surface area contributed by atoms with Crippen molar-refractivity contribution in [2.75, 3.05) is 12.0 Å². The highest BCUT2D eigenvalue weighted by Crippen LogP contribution is 2.24. The number of anilines is 1. The second-order valence-electron chi connectivity index (χ2n) is 4.01. The lowest BCUT2D eigenvalue weighted by molar-refractivity contribution is -0.129. The van der Waals surface area contributed by atoms with E-state index in [-0.39, 0.29) is 5.11 Å². The molecule has 1 amide bonds. The number of hydrogen-bond donors (Lipinski definition) is 2. The summed E-state index contributed by atoms with van der Waals surface area (Å²) < 4.78 is 5.06. The quantitative estimate of drug-likeness (QED) is 0.461. The standard InChI is InChI=1S/C12H13N3O3S/c1-18-8-4-2-7(3-5-8)15-10(13)9(6-16)11(17)14-12(15)19/h2-6,9-10H,13H2,1H3,(H,14,17,19). The molecule has 1 aliphatic rings. The number of ether oxygens (including phenoxy) is 1. The van der Waals surface area contributed by atoms with Gasteiger partial charge in [-0.1, -0.05) is 0 Å². The van der Waals surface area contributed by atoms with Gasteiger partial charge in [0.2, 0.25) is 5.91 Å². The normalized spacial score (nSPS) is 22.9. The summed E-state index contributed by atoms with van der Waals surface area (Å²) in [5.41, 5.74) is 6.62. The van der Waals surface area contributed by atoms with Crippen LogP contribution in [0, 0.1) is 5.92 Å². The average molecular weight is 279 g/mol. The van der Waals surface area contributed by atoms with Gasteiger partial charge in [0.25, 0.3) is 0 Å². The SMILES string of the molecule is COc1ccc(N2C(=S)NC(=O)C(C=O)C2N)cc1. The summed E-state index contributed by atoms with van der Waals surface area (Å²) in [6, 6.07) is 7.00. The Balaban J connectivity index is 2.33. The van der Waals surface area contributed by atoms with E-state index in [0.717, 1.165) is 0 Å². The van der Waals surface area contributed by atoms with Crippen LogP contribution in [0.5, 0.6) is 5.75 Å². The zero-order valence-electron chi connectivity index (χ0n) is 10.2. The van der Waals surface area contributed by atoms with Crippen molar-refractivity contribution in [3.63, 3.8) is 0 Å². The second-order valence-corrected chi connectivity index (χ2v) is 4.40. The molecule has 19 heavy (non-hydrogen) atoms. The molecule has 2 atom stereocenters. The van der Waals surface area contributed by atoms with Crippen LogP contribution in [-0.4, -0.2) is 30.6 Å². The molecule has 0 aliphatic carbocycles. The maximum absolute atomic E-state index is 11.6. The van der Waals surface area contributed by atoms with Crippen LogP contribution in [0.1, 0.15) is 0 Å². The Morgan fingerprint density at radius 3 is 2.58 bits per heavy atom. The van der Waals surface area contributed by atoms with E-state index in [1.165, 1.54) is 4.90 Å². The highest BCUT2D eigenvalue weighted by Gasteiger charge is 2.37. The van der Waals surface area contributed by atoms with E-state index in [1.807, 2.05) is 0 Å². The molecule has 7 heteroatoms. The Morgan fingerprint density at radius 2 is 2.05 bits per heavy atom. The molecule has 1 aromatic rings. The topological polar surface area (TPSA) is 84.7 Å². The number of carbonyl (C=O) groups is 2. The van der Waals surface area contributed by atoms with Gasteiger partial charge in [-0.3, -0.25) is 4.79 Å². The van der Waals surface area contributed by atoms with Gasteiger partial charge in [0.05, 0.1) is 7.11 Å². The number of thiocarbonyl (C=S) groups is 1. The number of carbonyl (C=O) groups excluding carboxylic acids is 2. The van der Waals surface area contributed by atoms with Gasteiger partial charge < -0.3 is 25.5 Å². The van der Waals surface area contributed by atoms with Crippen LogP contribution in [0.2, 0.25) is 0 Å². The summed E-state index contributed by atoms with van der Waals surface area (Å²) in [7, 11) is 1.56. The van der Waals surface area contributed by atoms with Gasteiger partial charge in [-0.2, -0.15) is 0 Å². The first-order chi connectivity index (χ1) is 9.08. The Labute approximate surface area is 115 Å². The lowest BCUT2D eigenvalue weighted by atomic mass is 10.0. The van der Waals surface area contributed by atoms with Crippen LogP contribution in [0.3, 0.4) is 0 Å². The van der Waals surface area contributed by atoms with Crippen molar-refractivity contribution in [2.45, 2.75) is 6.17 Å². The highest BCUT2D eigenvalue weighted by molar-refractivity contribution is 7.80. The van der Waals surface area contributed by atoms with Crippen molar-refractivity contribution in [3.05, 3.63) is 24.3 Å². The molecule has 1 fully saturated rings. The van der Waals surface area contributed by atoms with Crippen molar-refractivity contribution < 1.29 is 14.3 Å². The Bertz CT molecular complexity index is 517. The van der Waals surface area contributed by atoms with Crippen molar-refractivity contribution >= 4 is 35.2 Å². The molecule has 1 heterocycles. The molecule has 0 radical (unpaired) electrons. The van der Waals surface area contributed by atoms with Gasteiger partial charge in [-0.15, -0.1) is 0 Å². The zero-order valence-corrected chi connectivity index (χ0v) is 11.0. The lowest BCUT2D eigenvalue weighted by Gasteiger charge is -2.37. The molecule has 0 aromatic heterocycles. The Hall–Kier alpha value is -1.99. The van der Waals surface area contributed by atoms with Crippen molar-refractivity contribution in [3.8, 4) is 5.75 Å². The number of methoxy groups -OCH3 is 1. The van der Waals surface area contributed by atoms with Gasteiger partial charge in [-0.05, 0) is 36.5 Å². The lowest BCUT2D eigenvalue weighted by Crippen LogP contribution is -2.64. The predicted octanol–water partition coefficient (Wildman–Crippen LogP) is 0.0162. The molecule has 6 nitrogen and oxygen atoms in total. The highest BCUT2D eigenvalue weighted by atomic mass is 32.1. The summed E-state index contributed by atoms with van der Waals surface area (Å²) in [5, 5.41) is 2.65. The van der Waals surface area contributed by atoms with E-state index in [9.17, 15) is 9.59 Å². The summed E-state index contributed by atoms with van der Waals surface area (Å²) in [6.07, 6.45) is -0.287. The monoisotopic (exact) mass is 279 g/mol. The summed E-state index contributed by atoms with van der Waals surface area (Å²) >= 11 is 5.09. The van der Waals surface area contributed by atoms with Crippen LogP contribution in [-0.2, 0) is 9.59 Å². The molecule has 2 unspecified atom stereocenters. The minimum Gasteiger partial charge on any atom is -0.497 e. The predicted molar refractivity (Wildman–Crippen MR) is 73.7 cm³/mol. The fourth-order valence-electron chi connectivity index (χ4n) is 1.87. The molecule has 2 rings (SSSR count). The first-order valence-electron chi connectivity index (χ1n) is 5.57. The van der Waals surface area contributed by atoms with Crippen LogP contribution in [0.4, 0.5) is 5.69 Å². The van der Waals surface area contributed by atoms with E-state index in [4.69, 9.17) is 22.7 Å². The number of aldehydes is 1. The Kier molecular flexibility index (Phi) is 3.77. The fourth-order valence-corrected chi connectivity index (χ4v) is 2.20. The van der Waals surface area contributed by atoms with E-state index in [2.05, 4.69) is 5.32 Å². The number of nitrogens with one attached hydrogen (secondary N) is 1. The van der Waals surface area contributed by atoms with E-state index in [0.29, 0.717) is 17.7 Å². The largest absolute Gasteiger partial charge is 0.497 e. The third-order valence-electron chi connectivity index (χ3n) is 2.91.